The fourth-order valence-electron chi connectivity index (χ4n) is 2.62. The molecule has 1 N–H and O–H groups in total. The van der Waals surface area contributed by atoms with E-state index in [4.69, 9.17) is 11.6 Å². The Morgan fingerprint density at radius 2 is 1.88 bits per heavy atom. The summed E-state index contributed by atoms with van der Waals surface area (Å²) in [6.45, 7) is 6.79. The van der Waals surface area contributed by atoms with E-state index in [1.54, 1.807) is 0 Å². The van der Waals surface area contributed by atoms with Crippen LogP contribution in [0.3, 0.4) is 0 Å². The number of nitrogens with zero attached hydrogens (tertiary/aromatic N) is 4. The van der Waals surface area contributed by atoms with Gasteiger partial charge in [0.15, 0.2) is 0 Å². The first kappa shape index (κ1) is 16.6. The Morgan fingerprint density at radius 3 is 2.58 bits per heavy atom. The fraction of sp³-hybridized carbons (Fsp3) is 0.278. The minimum Gasteiger partial charge on any atom is -0.303 e. The molecule has 0 fully saturated rings. The van der Waals surface area contributed by atoms with Crippen molar-refractivity contribution in [1.29, 1.82) is 0 Å². The average Bonchev–Trinajstić information content (AvgIpc) is 2.95. The van der Waals surface area contributed by atoms with Gasteiger partial charge in [0, 0.05) is 17.3 Å². The summed E-state index contributed by atoms with van der Waals surface area (Å²) in [4.78, 5) is 4.51. The molecule has 1 atom stereocenters. The lowest BCUT2D eigenvalue weighted by atomic mass is 10.2. The normalized spacial score (nSPS) is 12.3. The molecule has 1 unspecified atom stereocenters. The molecule has 0 spiro atoms. The van der Waals surface area contributed by atoms with Crippen LogP contribution in [0.15, 0.2) is 42.5 Å². The van der Waals surface area contributed by atoms with E-state index in [1.807, 2.05) is 61.0 Å². The van der Waals surface area contributed by atoms with Crippen molar-refractivity contribution >= 4 is 11.6 Å². The number of benzene rings is 1. The lowest BCUT2D eigenvalue weighted by molar-refractivity contribution is 0.551. The molecular weight excluding hydrogens is 322 g/mol. The van der Waals surface area contributed by atoms with E-state index in [0.717, 1.165) is 28.5 Å². The summed E-state index contributed by atoms with van der Waals surface area (Å²) in [5.74, 6) is 0. The zero-order valence-electron chi connectivity index (χ0n) is 14.0. The highest BCUT2D eigenvalue weighted by molar-refractivity contribution is 6.30. The molecule has 0 amide bonds. The summed E-state index contributed by atoms with van der Waals surface area (Å²) in [7, 11) is 0. The first-order chi connectivity index (χ1) is 11.5. The van der Waals surface area contributed by atoms with Crippen molar-refractivity contribution in [2.24, 2.45) is 0 Å². The molecule has 3 rings (SSSR count). The largest absolute Gasteiger partial charge is 0.303 e. The maximum absolute atomic E-state index is 5.94. The van der Waals surface area contributed by atoms with E-state index in [9.17, 15) is 0 Å². The van der Waals surface area contributed by atoms with E-state index in [2.05, 4.69) is 27.5 Å². The quantitative estimate of drug-likeness (QED) is 0.767. The number of hydrogen-bond acceptors (Lipinski definition) is 4. The Labute approximate surface area is 146 Å². The number of aryl methyl sites for hydroxylation is 1. The third-order valence-corrected chi connectivity index (χ3v) is 4.20. The van der Waals surface area contributed by atoms with Gasteiger partial charge in [-0.15, -0.1) is 5.10 Å². The van der Waals surface area contributed by atoms with Gasteiger partial charge in [0.25, 0.3) is 0 Å². The van der Waals surface area contributed by atoms with Crippen LogP contribution in [-0.4, -0.2) is 20.0 Å². The van der Waals surface area contributed by atoms with Crippen molar-refractivity contribution in [1.82, 2.24) is 25.3 Å². The Balaban J connectivity index is 1.74. The van der Waals surface area contributed by atoms with Crippen LogP contribution >= 0.6 is 11.6 Å². The van der Waals surface area contributed by atoms with Gasteiger partial charge >= 0.3 is 0 Å². The number of pyridine rings is 1. The highest BCUT2D eigenvalue weighted by atomic mass is 35.5. The third-order valence-electron chi connectivity index (χ3n) is 3.95. The van der Waals surface area contributed by atoms with Crippen molar-refractivity contribution in [3.63, 3.8) is 0 Å². The van der Waals surface area contributed by atoms with Crippen LogP contribution in [-0.2, 0) is 6.54 Å². The summed E-state index contributed by atoms with van der Waals surface area (Å²) in [6, 6.07) is 13.7. The van der Waals surface area contributed by atoms with Gasteiger partial charge in [0.1, 0.15) is 5.69 Å². The van der Waals surface area contributed by atoms with Crippen molar-refractivity contribution in [2.45, 2.75) is 33.4 Å². The number of hydrogen-bond donors (Lipinski definition) is 1. The van der Waals surface area contributed by atoms with Crippen molar-refractivity contribution in [3.05, 3.63) is 70.3 Å². The highest BCUT2D eigenvalue weighted by Crippen LogP contribution is 2.19. The van der Waals surface area contributed by atoms with Crippen LogP contribution in [0, 0.1) is 13.8 Å². The fourth-order valence-corrected chi connectivity index (χ4v) is 2.75. The van der Waals surface area contributed by atoms with E-state index in [0.29, 0.717) is 11.6 Å². The van der Waals surface area contributed by atoms with Crippen LogP contribution in [0.1, 0.15) is 35.7 Å². The molecular formula is C18H20ClN5. The molecule has 0 saturated heterocycles. The Bertz CT molecular complexity index is 826. The van der Waals surface area contributed by atoms with Crippen LogP contribution in [0.4, 0.5) is 0 Å². The molecule has 0 bridgehead atoms. The van der Waals surface area contributed by atoms with Gasteiger partial charge in [-0.05, 0) is 57.2 Å². The van der Waals surface area contributed by atoms with Crippen LogP contribution in [0.25, 0.3) is 5.69 Å². The Hall–Kier alpha value is -2.24. The predicted molar refractivity (Wildman–Crippen MR) is 95.3 cm³/mol. The monoisotopic (exact) mass is 341 g/mol. The average molecular weight is 342 g/mol. The molecule has 0 aliphatic carbocycles. The number of nitrogens with one attached hydrogen (secondary N) is 1. The maximum atomic E-state index is 5.94. The zero-order chi connectivity index (χ0) is 17.1. The lowest BCUT2D eigenvalue weighted by Gasteiger charge is -2.12. The van der Waals surface area contributed by atoms with E-state index >= 15 is 0 Å². The van der Waals surface area contributed by atoms with Gasteiger partial charge in [0.05, 0.1) is 23.1 Å². The highest BCUT2D eigenvalue weighted by Gasteiger charge is 2.16. The molecule has 0 radical (unpaired) electrons. The van der Waals surface area contributed by atoms with Gasteiger partial charge in [-0.3, -0.25) is 4.98 Å². The maximum Gasteiger partial charge on any atom is 0.103 e. The van der Waals surface area contributed by atoms with Crippen LogP contribution in [0.2, 0.25) is 5.02 Å². The Morgan fingerprint density at radius 1 is 1.12 bits per heavy atom. The van der Waals surface area contributed by atoms with Gasteiger partial charge in [-0.1, -0.05) is 22.9 Å². The smallest absolute Gasteiger partial charge is 0.103 e. The molecule has 2 aromatic heterocycles. The summed E-state index contributed by atoms with van der Waals surface area (Å²) < 4.78 is 1.83. The second-order valence-corrected chi connectivity index (χ2v) is 6.26. The summed E-state index contributed by atoms with van der Waals surface area (Å²) in [6.07, 6.45) is 0. The molecule has 1 aromatic carbocycles. The third kappa shape index (κ3) is 3.63. The SMILES string of the molecule is Cc1cccc(CNC(C)c2nnn(-c3ccc(Cl)cc3)c2C)n1. The van der Waals surface area contributed by atoms with Crippen molar-refractivity contribution in [3.8, 4) is 5.69 Å². The number of halogens is 1. The first-order valence-electron chi connectivity index (χ1n) is 7.88. The summed E-state index contributed by atoms with van der Waals surface area (Å²) in [5, 5.41) is 12.8. The molecule has 0 aliphatic rings. The zero-order valence-corrected chi connectivity index (χ0v) is 14.7. The minimum absolute atomic E-state index is 0.0772. The van der Waals surface area contributed by atoms with Gasteiger partial charge in [-0.25, -0.2) is 4.68 Å². The molecule has 24 heavy (non-hydrogen) atoms. The van der Waals surface area contributed by atoms with Crippen molar-refractivity contribution in [2.75, 3.05) is 0 Å². The molecule has 0 saturated carbocycles. The first-order valence-corrected chi connectivity index (χ1v) is 8.26. The van der Waals surface area contributed by atoms with Crippen LogP contribution < -0.4 is 5.32 Å². The molecule has 2 heterocycles. The van der Waals surface area contributed by atoms with E-state index in [1.165, 1.54) is 0 Å². The molecule has 3 aromatic rings. The molecule has 124 valence electrons. The second-order valence-electron chi connectivity index (χ2n) is 5.82. The number of rotatable bonds is 5. The summed E-state index contributed by atoms with van der Waals surface area (Å²) >= 11 is 5.94. The topological polar surface area (TPSA) is 55.6 Å². The van der Waals surface area contributed by atoms with Crippen LogP contribution in [0.5, 0.6) is 0 Å². The molecule has 5 nitrogen and oxygen atoms in total. The Kier molecular flexibility index (Phi) is 4.92. The molecule has 0 aliphatic heterocycles. The second kappa shape index (κ2) is 7.11. The van der Waals surface area contributed by atoms with Gasteiger partial charge < -0.3 is 5.32 Å². The van der Waals surface area contributed by atoms with Gasteiger partial charge in [-0.2, -0.15) is 0 Å². The lowest BCUT2D eigenvalue weighted by Crippen LogP contribution is -2.20. The van der Waals surface area contributed by atoms with Crippen molar-refractivity contribution < 1.29 is 0 Å². The van der Waals surface area contributed by atoms with E-state index in [-0.39, 0.29) is 6.04 Å². The minimum atomic E-state index is 0.0772. The van der Waals surface area contributed by atoms with Gasteiger partial charge in [0.2, 0.25) is 0 Å². The number of aromatic nitrogens is 4. The predicted octanol–water partition coefficient (Wildman–Crippen LogP) is 3.78. The van der Waals surface area contributed by atoms with E-state index < -0.39 is 0 Å². The molecule has 6 heteroatoms. The standard InChI is InChI=1S/C18H20ClN5/c1-12-5-4-6-16(21-12)11-20-13(2)18-14(3)24(23-22-18)17-9-7-15(19)8-10-17/h4-10,13,20H,11H2,1-3H3. The summed E-state index contributed by atoms with van der Waals surface area (Å²) in [5.41, 5.74) is 4.92.